The van der Waals surface area contributed by atoms with Gasteiger partial charge in [0.05, 0.1) is 18.5 Å². The van der Waals surface area contributed by atoms with Crippen molar-refractivity contribution in [3.63, 3.8) is 0 Å². The van der Waals surface area contributed by atoms with Crippen LogP contribution in [-0.2, 0) is 14.6 Å². The van der Waals surface area contributed by atoms with Crippen molar-refractivity contribution in [2.45, 2.75) is 31.9 Å². The van der Waals surface area contributed by atoms with E-state index in [1.807, 2.05) is 0 Å². The molecule has 108 valence electrons. The normalized spacial score (nSPS) is 24.1. The molecular formula is C11H25N3O3S. The van der Waals surface area contributed by atoms with Crippen LogP contribution in [0.5, 0.6) is 0 Å². The summed E-state index contributed by atoms with van der Waals surface area (Å²) < 4.78 is 28.1. The van der Waals surface area contributed by atoms with Gasteiger partial charge in [-0.1, -0.05) is 6.92 Å². The summed E-state index contributed by atoms with van der Waals surface area (Å²) in [5, 5.41) is 0. The summed E-state index contributed by atoms with van der Waals surface area (Å²) in [6.45, 7) is 5.62. The van der Waals surface area contributed by atoms with E-state index in [0.717, 1.165) is 26.1 Å². The van der Waals surface area contributed by atoms with Gasteiger partial charge in [-0.25, -0.2) is 8.42 Å². The smallest absolute Gasteiger partial charge is 0.147 e. The Morgan fingerprint density at radius 3 is 2.83 bits per heavy atom. The van der Waals surface area contributed by atoms with Crippen LogP contribution in [0.2, 0.25) is 0 Å². The number of nitrogens with zero attached hydrogens (tertiary/aromatic N) is 1. The second-order valence-corrected chi connectivity index (χ2v) is 7.16. The topological polar surface area (TPSA) is 84.7 Å². The molecule has 1 heterocycles. The Labute approximate surface area is 110 Å². The van der Waals surface area contributed by atoms with Crippen molar-refractivity contribution in [1.82, 2.24) is 10.3 Å². The summed E-state index contributed by atoms with van der Waals surface area (Å²) in [6.07, 6.45) is 2.81. The van der Waals surface area contributed by atoms with Crippen LogP contribution in [-0.4, -0.2) is 63.7 Å². The van der Waals surface area contributed by atoms with E-state index in [-0.39, 0.29) is 17.9 Å². The van der Waals surface area contributed by atoms with Crippen molar-refractivity contribution < 1.29 is 13.2 Å². The van der Waals surface area contributed by atoms with Gasteiger partial charge in [0, 0.05) is 25.4 Å². The van der Waals surface area contributed by atoms with E-state index in [2.05, 4.69) is 17.2 Å². The SMILES string of the molecule is CCCN1CCOC(C(CCS(C)(=O)=O)NN)C1. The minimum absolute atomic E-state index is 0.0305. The second kappa shape index (κ2) is 7.40. The Balaban J connectivity index is 2.48. The number of rotatable bonds is 7. The molecule has 7 heteroatoms. The molecule has 1 aliphatic rings. The summed E-state index contributed by atoms with van der Waals surface area (Å²) in [4.78, 5) is 2.33. The first-order valence-corrected chi connectivity index (χ1v) is 8.50. The Morgan fingerprint density at radius 1 is 1.56 bits per heavy atom. The van der Waals surface area contributed by atoms with Crippen LogP contribution >= 0.6 is 0 Å². The third kappa shape index (κ3) is 5.62. The van der Waals surface area contributed by atoms with Crippen molar-refractivity contribution in [3.8, 4) is 0 Å². The second-order valence-electron chi connectivity index (χ2n) is 4.90. The van der Waals surface area contributed by atoms with Crippen molar-refractivity contribution in [2.75, 3.05) is 38.2 Å². The molecule has 1 fully saturated rings. The monoisotopic (exact) mass is 279 g/mol. The summed E-state index contributed by atoms with van der Waals surface area (Å²) in [7, 11) is -2.96. The number of hydrogen-bond acceptors (Lipinski definition) is 6. The van der Waals surface area contributed by atoms with Gasteiger partial charge in [0.25, 0.3) is 0 Å². The highest BCUT2D eigenvalue weighted by Crippen LogP contribution is 2.12. The maximum atomic E-state index is 11.2. The maximum Gasteiger partial charge on any atom is 0.147 e. The van der Waals surface area contributed by atoms with Crippen LogP contribution in [0.15, 0.2) is 0 Å². The zero-order chi connectivity index (χ0) is 13.6. The molecule has 0 aromatic carbocycles. The first-order valence-electron chi connectivity index (χ1n) is 6.44. The minimum Gasteiger partial charge on any atom is -0.374 e. The number of sulfone groups is 1. The molecule has 0 amide bonds. The highest BCUT2D eigenvalue weighted by molar-refractivity contribution is 7.90. The molecule has 0 saturated carbocycles. The molecular weight excluding hydrogens is 254 g/mol. The Bertz CT molecular complexity index is 332. The van der Waals surface area contributed by atoms with Crippen LogP contribution in [0.25, 0.3) is 0 Å². The van der Waals surface area contributed by atoms with Crippen LogP contribution in [0, 0.1) is 0 Å². The van der Waals surface area contributed by atoms with E-state index in [1.54, 1.807) is 0 Å². The molecule has 0 radical (unpaired) electrons. The molecule has 2 unspecified atom stereocenters. The number of hydrazine groups is 1. The fourth-order valence-corrected chi connectivity index (χ4v) is 2.89. The summed E-state index contributed by atoms with van der Waals surface area (Å²) in [6, 6.07) is -0.112. The predicted molar refractivity (Wildman–Crippen MR) is 71.9 cm³/mol. The zero-order valence-electron chi connectivity index (χ0n) is 11.3. The molecule has 1 rings (SSSR count). The lowest BCUT2D eigenvalue weighted by atomic mass is 10.1. The minimum atomic E-state index is -2.96. The maximum absolute atomic E-state index is 11.2. The lowest BCUT2D eigenvalue weighted by Gasteiger charge is -2.36. The number of ether oxygens (including phenoxy) is 1. The van der Waals surface area contributed by atoms with Gasteiger partial charge >= 0.3 is 0 Å². The van der Waals surface area contributed by atoms with Gasteiger partial charge in [0.15, 0.2) is 0 Å². The Kier molecular flexibility index (Phi) is 6.51. The van der Waals surface area contributed by atoms with Crippen LogP contribution in [0.3, 0.4) is 0 Å². The van der Waals surface area contributed by atoms with E-state index in [9.17, 15) is 8.42 Å². The largest absolute Gasteiger partial charge is 0.374 e. The lowest BCUT2D eigenvalue weighted by Crippen LogP contribution is -2.54. The highest BCUT2D eigenvalue weighted by Gasteiger charge is 2.27. The molecule has 2 atom stereocenters. The quantitative estimate of drug-likeness (QED) is 0.476. The van der Waals surface area contributed by atoms with Crippen LogP contribution in [0.4, 0.5) is 0 Å². The van der Waals surface area contributed by atoms with Gasteiger partial charge in [-0.05, 0) is 19.4 Å². The van der Waals surface area contributed by atoms with Crippen LogP contribution < -0.4 is 11.3 Å². The summed E-state index contributed by atoms with van der Waals surface area (Å²) >= 11 is 0. The molecule has 3 N–H and O–H groups in total. The summed E-state index contributed by atoms with van der Waals surface area (Å²) in [5.74, 6) is 5.64. The van der Waals surface area contributed by atoms with E-state index in [0.29, 0.717) is 13.0 Å². The van der Waals surface area contributed by atoms with Crippen molar-refractivity contribution >= 4 is 9.84 Å². The molecule has 1 saturated heterocycles. The summed E-state index contributed by atoms with van der Waals surface area (Å²) in [5.41, 5.74) is 2.69. The fraction of sp³-hybridized carbons (Fsp3) is 1.00. The molecule has 0 aromatic heterocycles. The first-order chi connectivity index (χ1) is 8.46. The van der Waals surface area contributed by atoms with Crippen molar-refractivity contribution in [1.29, 1.82) is 0 Å². The fourth-order valence-electron chi connectivity index (χ4n) is 2.21. The lowest BCUT2D eigenvalue weighted by molar-refractivity contribution is -0.0467. The first kappa shape index (κ1) is 15.8. The molecule has 0 aromatic rings. The highest BCUT2D eigenvalue weighted by atomic mass is 32.2. The van der Waals surface area contributed by atoms with Gasteiger partial charge in [-0.2, -0.15) is 0 Å². The Hall–Kier alpha value is -0.210. The number of hydrogen-bond donors (Lipinski definition) is 2. The average molecular weight is 279 g/mol. The molecule has 18 heavy (non-hydrogen) atoms. The van der Waals surface area contributed by atoms with Gasteiger partial charge in [-0.15, -0.1) is 0 Å². The number of nitrogens with one attached hydrogen (secondary N) is 1. The van der Waals surface area contributed by atoms with Crippen molar-refractivity contribution in [2.24, 2.45) is 5.84 Å². The van der Waals surface area contributed by atoms with E-state index < -0.39 is 9.84 Å². The molecule has 0 aliphatic carbocycles. The van der Waals surface area contributed by atoms with Crippen LogP contribution in [0.1, 0.15) is 19.8 Å². The third-order valence-electron chi connectivity index (χ3n) is 3.18. The van der Waals surface area contributed by atoms with E-state index >= 15 is 0 Å². The number of nitrogens with two attached hydrogens (primary N) is 1. The molecule has 1 aliphatic heterocycles. The predicted octanol–water partition coefficient (Wildman–Crippen LogP) is -0.636. The van der Waals surface area contributed by atoms with Gasteiger partial charge in [-0.3, -0.25) is 16.2 Å². The van der Waals surface area contributed by atoms with Gasteiger partial charge in [0.2, 0.25) is 0 Å². The zero-order valence-corrected chi connectivity index (χ0v) is 12.1. The van der Waals surface area contributed by atoms with Crippen molar-refractivity contribution in [3.05, 3.63) is 0 Å². The van der Waals surface area contributed by atoms with E-state index in [1.165, 1.54) is 6.26 Å². The number of morpholine rings is 1. The van der Waals surface area contributed by atoms with Gasteiger partial charge in [0.1, 0.15) is 9.84 Å². The Morgan fingerprint density at radius 2 is 2.28 bits per heavy atom. The third-order valence-corrected chi connectivity index (χ3v) is 4.16. The van der Waals surface area contributed by atoms with E-state index in [4.69, 9.17) is 10.6 Å². The average Bonchev–Trinajstić information content (AvgIpc) is 2.29. The van der Waals surface area contributed by atoms with Gasteiger partial charge < -0.3 is 4.74 Å². The standard InChI is InChI=1S/C11H25N3O3S/c1-3-5-14-6-7-17-11(9-14)10(13-12)4-8-18(2,15)16/h10-11,13H,3-9,12H2,1-2H3. The molecule has 6 nitrogen and oxygen atoms in total. The molecule has 0 spiro atoms. The molecule has 0 bridgehead atoms.